The second-order valence-electron chi connectivity index (χ2n) is 18.9. The van der Waals surface area contributed by atoms with Crippen molar-refractivity contribution in [3.05, 3.63) is 122 Å². The van der Waals surface area contributed by atoms with Gasteiger partial charge in [0.15, 0.2) is 6.10 Å². The molecule has 0 aliphatic heterocycles. The van der Waals surface area contributed by atoms with Crippen molar-refractivity contribution in [2.75, 3.05) is 13.2 Å². The lowest BCUT2D eigenvalue weighted by molar-refractivity contribution is -0.167. The summed E-state index contributed by atoms with van der Waals surface area (Å²) in [4.78, 5) is 38.2. The fourth-order valence-corrected chi connectivity index (χ4v) is 7.82. The molecule has 6 nitrogen and oxygen atoms in total. The summed E-state index contributed by atoms with van der Waals surface area (Å²) >= 11 is 0. The van der Waals surface area contributed by atoms with Gasteiger partial charge in [0, 0.05) is 19.3 Å². The molecule has 0 bridgehead atoms. The predicted molar refractivity (Wildman–Crippen MR) is 306 cm³/mol. The zero-order valence-corrected chi connectivity index (χ0v) is 45.9. The molecule has 0 saturated heterocycles. The Morgan fingerprint density at radius 2 is 0.620 bits per heavy atom. The molecule has 0 N–H and O–H groups in total. The van der Waals surface area contributed by atoms with Crippen molar-refractivity contribution in [2.24, 2.45) is 0 Å². The standard InChI is InChI=1S/C65H106O6/c1-4-7-10-13-16-19-22-25-28-31-32-35-37-40-43-46-49-52-55-58-64(67)70-61-62(71-65(68)59-56-53-50-47-44-41-38-34-30-27-24-21-18-15-12-9-6-3)60-69-63(66)57-54-51-48-45-42-39-36-33-29-26-23-20-17-14-11-8-5-2/h7,9-10,12,15-16,18-19,21,24-25,27-28,30,32,34-35,38,41,44,62H,4-6,8,11,13-14,17,20,22-23,26,29,31,33,36-37,39-40,42-43,45-61H2,1-3H3/b10-7-,12-9-,18-15-,19-16-,24-21-,28-25-,30-27-,35-32-,38-34+,44-41-. The van der Waals surface area contributed by atoms with E-state index in [2.05, 4.69) is 81.5 Å². The Morgan fingerprint density at radius 1 is 0.310 bits per heavy atom. The molecule has 1 atom stereocenters. The van der Waals surface area contributed by atoms with E-state index in [0.717, 1.165) is 103 Å². The maximum absolute atomic E-state index is 12.9. The lowest BCUT2D eigenvalue weighted by atomic mass is 10.0. The van der Waals surface area contributed by atoms with Crippen LogP contribution >= 0.6 is 0 Å². The number of unbranched alkanes of at least 4 members (excludes halogenated alkanes) is 25. The average molecular weight is 984 g/mol. The molecule has 0 aliphatic rings. The van der Waals surface area contributed by atoms with Gasteiger partial charge >= 0.3 is 17.9 Å². The van der Waals surface area contributed by atoms with E-state index in [4.69, 9.17) is 14.2 Å². The Balaban J connectivity index is 4.50. The van der Waals surface area contributed by atoms with Gasteiger partial charge in [0.05, 0.1) is 0 Å². The molecule has 0 spiro atoms. The van der Waals surface area contributed by atoms with Crippen LogP contribution in [0.1, 0.15) is 252 Å². The first-order valence-electron chi connectivity index (χ1n) is 29.1. The molecule has 0 aliphatic carbocycles. The molecular weight excluding hydrogens is 877 g/mol. The Kier molecular flexibility index (Phi) is 54.9. The van der Waals surface area contributed by atoms with Gasteiger partial charge in [-0.15, -0.1) is 0 Å². The number of hydrogen-bond acceptors (Lipinski definition) is 6. The highest BCUT2D eigenvalue weighted by atomic mass is 16.6. The number of carbonyl (C=O) groups excluding carboxylic acids is 3. The van der Waals surface area contributed by atoms with Gasteiger partial charge in [0.1, 0.15) is 13.2 Å². The second-order valence-corrected chi connectivity index (χ2v) is 18.9. The molecule has 0 saturated carbocycles. The first kappa shape index (κ1) is 66.8. The minimum absolute atomic E-state index is 0.102. The number of allylic oxidation sites excluding steroid dienone is 20. The van der Waals surface area contributed by atoms with Crippen molar-refractivity contribution >= 4 is 17.9 Å². The lowest BCUT2D eigenvalue weighted by Crippen LogP contribution is -2.30. The number of hydrogen-bond donors (Lipinski definition) is 0. The summed E-state index contributed by atoms with van der Waals surface area (Å²) in [6.07, 6.45) is 80.4. The monoisotopic (exact) mass is 983 g/mol. The quantitative estimate of drug-likeness (QED) is 0.0199. The summed E-state index contributed by atoms with van der Waals surface area (Å²) in [6, 6.07) is 0. The van der Waals surface area contributed by atoms with Crippen LogP contribution in [0.5, 0.6) is 0 Å². The maximum atomic E-state index is 12.9. The van der Waals surface area contributed by atoms with Gasteiger partial charge in [-0.3, -0.25) is 14.4 Å². The van der Waals surface area contributed by atoms with Gasteiger partial charge < -0.3 is 14.2 Å². The highest BCUT2D eigenvalue weighted by molar-refractivity contribution is 5.71. The smallest absolute Gasteiger partial charge is 0.306 e. The summed E-state index contributed by atoms with van der Waals surface area (Å²) in [7, 11) is 0. The van der Waals surface area contributed by atoms with Gasteiger partial charge in [-0.1, -0.05) is 277 Å². The number of rotatable bonds is 51. The van der Waals surface area contributed by atoms with E-state index in [1.807, 2.05) is 60.8 Å². The highest BCUT2D eigenvalue weighted by Gasteiger charge is 2.19. The normalized spacial score (nSPS) is 13.0. The van der Waals surface area contributed by atoms with Crippen molar-refractivity contribution in [2.45, 2.75) is 258 Å². The Bertz CT molecular complexity index is 1500. The van der Waals surface area contributed by atoms with E-state index in [0.29, 0.717) is 19.3 Å². The third-order valence-corrected chi connectivity index (χ3v) is 12.1. The Labute approximate surface area is 437 Å². The SMILES string of the molecule is CC\C=C/C=C\C=C/C=C\C=C\C=C/CCCCCC(=O)OC(COC(=O)CCCCCCCC/C=C\C/C=C\C/C=C\C/C=C\CC)COC(=O)CCCCCCCCCCCCCCCCCCC. The molecule has 0 aromatic heterocycles. The largest absolute Gasteiger partial charge is 0.462 e. The van der Waals surface area contributed by atoms with Gasteiger partial charge in [-0.05, 0) is 77.0 Å². The van der Waals surface area contributed by atoms with Crippen LogP contribution in [0.15, 0.2) is 122 Å². The average Bonchev–Trinajstić information content (AvgIpc) is 3.37. The van der Waals surface area contributed by atoms with E-state index < -0.39 is 6.10 Å². The second kappa shape index (κ2) is 58.4. The van der Waals surface area contributed by atoms with Crippen molar-refractivity contribution in [3.63, 3.8) is 0 Å². The van der Waals surface area contributed by atoms with Gasteiger partial charge in [-0.25, -0.2) is 0 Å². The molecule has 0 radical (unpaired) electrons. The maximum Gasteiger partial charge on any atom is 0.306 e. The van der Waals surface area contributed by atoms with Crippen molar-refractivity contribution in [1.29, 1.82) is 0 Å². The third kappa shape index (κ3) is 56.6. The molecule has 0 rings (SSSR count). The molecule has 0 heterocycles. The number of ether oxygens (including phenoxy) is 3. The summed E-state index contributed by atoms with van der Waals surface area (Å²) < 4.78 is 16.8. The van der Waals surface area contributed by atoms with E-state index in [1.165, 1.54) is 103 Å². The van der Waals surface area contributed by atoms with Gasteiger partial charge in [-0.2, -0.15) is 0 Å². The molecule has 6 heteroatoms. The number of carbonyl (C=O) groups is 3. The van der Waals surface area contributed by atoms with Crippen LogP contribution in [0, 0.1) is 0 Å². The minimum atomic E-state index is -0.810. The van der Waals surface area contributed by atoms with Crippen LogP contribution in [0.3, 0.4) is 0 Å². The summed E-state index contributed by atoms with van der Waals surface area (Å²) in [5, 5.41) is 0. The molecule has 0 aromatic carbocycles. The van der Waals surface area contributed by atoms with E-state index in [-0.39, 0.29) is 37.5 Å². The van der Waals surface area contributed by atoms with Crippen LogP contribution in [-0.4, -0.2) is 37.2 Å². The van der Waals surface area contributed by atoms with Gasteiger partial charge in [0.2, 0.25) is 0 Å². The Morgan fingerprint density at radius 3 is 1.04 bits per heavy atom. The zero-order valence-electron chi connectivity index (χ0n) is 45.9. The third-order valence-electron chi connectivity index (χ3n) is 12.1. The van der Waals surface area contributed by atoms with E-state index in [1.54, 1.807) is 0 Å². The molecular formula is C65H106O6. The van der Waals surface area contributed by atoms with Crippen LogP contribution in [0.25, 0.3) is 0 Å². The fourth-order valence-electron chi connectivity index (χ4n) is 7.82. The fraction of sp³-hybridized carbons (Fsp3) is 0.646. The van der Waals surface area contributed by atoms with E-state index in [9.17, 15) is 14.4 Å². The molecule has 71 heavy (non-hydrogen) atoms. The molecule has 402 valence electrons. The minimum Gasteiger partial charge on any atom is -0.462 e. The molecule has 0 amide bonds. The summed E-state index contributed by atoms with van der Waals surface area (Å²) in [5.74, 6) is -0.958. The Hall–Kier alpha value is -4.19. The predicted octanol–water partition coefficient (Wildman–Crippen LogP) is 19.6. The topological polar surface area (TPSA) is 78.9 Å². The number of esters is 3. The van der Waals surface area contributed by atoms with Crippen LogP contribution in [0.4, 0.5) is 0 Å². The van der Waals surface area contributed by atoms with Crippen molar-refractivity contribution in [3.8, 4) is 0 Å². The van der Waals surface area contributed by atoms with Crippen molar-refractivity contribution in [1.82, 2.24) is 0 Å². The zero-order chi connectivity index (χ0) is 51.4. The van der Waals surface area contributed by atoms with Gasteiger partial charge in [0.25, 0.3) is 0 Å². The first-order chi connectivity index (χ1) is 35.0. The molecule has 0 fully saturated rings. The highest BCUT2D eigenvalue weighted by Crippen LogP contribution is 2.16. The van der Waals surface area contributed by atoms with Crippen molar-refractivity contribution < 1.29 is 28.6 Å². The van der Waals surface area contributed by atoms with Crippen LogP contribution in [0.2, 0.25) is 0 Å². The van der Waals surface area contributed by atoms with Crippen LogP contribution < -0.4 is 0 Å². The lowest BCUT2D eigenvalue weighted by Gasteiger charge is -2.18. The summed E-state index contributed by atoms with van der Waals surface area (Å²) in [5.41, 5.74) is 0. The van der Waals surface area contributed by atoms with E-state index >= 15 is 0 Å². The first-order valence-corrected chi connectivity index (χ1v) is 29.1. The molecule has 0 aromatic rings. The van der Waals surface area contributed by atoms with Crippen LogP contribution in [-0.2, 0) is 28.6 Å². The molecule has 1 unspecified atom stereocenters. The summed E-state index contributed by atoms with van der Waals surface area (Å²) in [6.45, 7) is 6.34.